The number of rotatable bonds is 3. The van der Waals surface area contributed by atoms with E-state index in [-0.39, 0.29) is 17.9 Å². The Labute approximate surface area is 124 Å². The van der Waals surface area contributed by atoms with Crippen molar-refractivity contribution in [3.63, 3.8) is 0 Å². The number of anilines is 1. The number of fused-ring (bicyclic) bond motifs is 1. The maximum Gasteiger partial charge on any atom is 0.249 e. The Kier molecular flexibility index (Phi) is 3.92. The summed E-state index contributed by atoms with van der Waals surface area (Å²) in [4.78, 5) is 28.5. The number of benzene rings is 1. The zero-order valence-electron chi connectivity index (χ0n) is 12.2. The number of para-hydroxylation sites is 1. The molecule has 5 nitrogen and oxygen atoms in total. The first-order valence-corrected chi connectivity index (χ1v) is 7.40. The Morgan fingerprint density at radius 2 is 2.05 bits per heavy atom. The molecule has 2 aliphatic heterocycles. The van der Waals surface area contributed by atoms with E-state index >= 15 is 0 Å². The van der Waals surface area contributed by atoms with Gasteiger partial charge in [0.25, 0.3) is 0 Å². The highest BCUT2D eigenvalue weighted by atomic mass is 16.5. The molecule has 0 spiro atoms. The van der Waals surface area contributed by atoms with Crippen molar-refractivity contribution in [1.29, 1.82) is 0 Å². The molecule has 2 fully saturated rings. The van der Waals surface area contributed by atoms with E-state index in [0.717, 1.165) is 24.1 Å². The van der Waals surface area contributed by atoms with Crippen LogP contribution in [0.2, 0.25) is 0 Å². The van der Waals surface area contributed by atoms with Gasteiger partial charge < -0.3 is 14.5 Å². The number of methoxy groups -OCH3 is 1. The van der Waals surface area contributed by atoms with Crippen molar-refractivity contribution in [2.24, 2.45) is 0 Å². The summed E-state index contributed by atoms with van der Waals surface area (Å²) in [6.45, 7) is 1.62. The quantitative estimate of drug-likeness (QED) is 0.848. The first kappa shape index (κ1) is 14.1. The zero-order valence-corrected chi connectivity index (χ0v) is 12.2. The number of carbonyl (C=O) groups is 2. The predicted molar refractivity (Wildman–Crippen MR) is 78.9 cm³/mol. The number of ether oxygens (including phenoxy) is 1. The molecule has 2 aliphatic rings. The summed E-state index contributed by atoms with van der Waals surface area (Å²) < 4.78 is 5.22. The third-order valence-electron chi connectivity index (χ3n) is 4.26. The zero-order chi connectivity index (χ0) is 14.8. The molecule has 2 amide bonds. The van der Waals surface area contributed by atoms with Gasteiger partial charge in [0.1, 0.15) is 6.04 Å². The highest BCUT2D eigenvalue weighted by molar-refractivity contribution is 6.02. The van der Waals surface area contributed by atoms with Crippen molar-refractivity contribution in [1.82, 2.24) is 4.90 Å². The summed E-state index contributed by atoms with van der Waals surface area (Å²) in [5, 5.41) is 0. The van der Waals surface area contributed by atoms with Gasteiger partial charge >= 0.3 is 0 Å². The minimum absolute atomic E-state index is 0.0434. The lowest BCUT2D eigenvalue weighted by Gasteiger charge is -2.26. The maximum absolute atomic E-state index is 12.8. The van der Waals surface area contributed by atoms with Crippen molar-refractivity contribution >= 4 is 17.5 Å². The molecule has 0 bridgehead atoms. The van der Waals surface area contributed by atoms with Gasteiger partial charge in [-0.1, -0.05) is 18.2 Å². The molecule has 0 aliphatic carbocycles. The Morgan fingerprint density at radius 1 is 1.24 bits per heavy atom. The van der Waals surface area contributed by atoms with Gasteiger partial charge in [0.15, 0.2) is 0 Å². The molecule has 0 aromatic heterocycles. The van der Waals surface area contributed by atoms with E-state index in [1.54, 1.807) is 16.9 Å². The maximum atomic E-state index is 12.8. The lowest BCUT2D eigenvalue weighted by atomic mass is 10.1. The van der Waals surface area contributed by atoms with E-state index in [2.05, 4.69) is 0 Å². The summed E-state index contributed by atoms with van der Waals surface area (Å²) in [6.07, 6.45) is 2.08. The van der Waals surface area contributed by atoms with Crippen LogP contribution < -0.4 is 4.90 Å². The fourth-order valence-electron chi connectivity index (χ4n) is 3.25. The van der Waals surface area contributed by atoms with Crippen LogP contribution in [-0.2, 0) is 20.9 Å². The molecule has 1 aromatic carbocycles. The Bertz CT molecular complexity index is 558. The van der Waals surface area contributed by atoms with E-state index in [9.17, 15) is 9.59 Å². The van der Waals surface area contributed by atoms with Crippen molar-refractivity contribution in [3.8, 4) is 0 Å². The number of hydrogen-bond donors (Lipinski definition) is 0. The minimum atomic E-state index is -0.282. The average Bonchev–Trinajstić information content (AvgIpc) is 2.94. The van der Waals surface area contributed by atoms with Crippen LogP contribution in [0.4, 0.5) is 5.69 Å². The van der Waals surface area contributed by atoms with E-state index in [0.29, 0.717) is 26.1 Å². The van der Waals surface area contributed by atoms with Gasteiger partial charge in [-0.3, -0.25) is 9.59 Å². The summed E-state index contributed by atoms with van der Waals surface area (Å²) >= 11 is 0. The van der Waals surface area contributed by atoms with Gasteiger partial charge in [0.2, 0.25) is 11.8 Å². The van der Waals surface area contributed by atoms with Crippen LogP contribution >= 0.6 is 0 Å². The van der Waals surface area contributed by atoms with Crippen LogP contribution in [-0.4, -0.2) is 43.0 Å². The highest BCUT2D eigenvalue weighted by Gasteiger charge is 2.39. The monoisotopic (exact) mass is 288 g/mol. The molecule has 1 aromatic rings. The second-order valence-electron chi connectivity index (χ2n) is 5.55. The van der Waals surface area contributed by atoms with E-state index in [1.165, 1.54) is 0 Å². The van der Waals surface area contributed by atoms with Crippen molar-refractivity contribution < 1.29 is 14.3 Å². The van der Waals surface area contributed by atoms with Gasteiger partial charge in [0, 0.05) is 37.9 Å². The van der Waals surface area contributed by atoms with Crippen molar-refractivity contribution in [2.45, 2.75) is 31.9 Å². The first-order valence-electron chi connectivity index (χ1n) is 7.40. The smallest absolute Gasteiger partial charge is 0.249 e. The number of hydrogen-bond acceptors (Lipinski definition) is 3. The van der Waals surface area contributed by atoms with Crippen LogP contribution in [0.5, 0.6) is 0 Å². The lowest BCUT2D eigenvalue weighted by Crippen LogP contribution is -2.44. The highest BCUT2D eigenvalue weighted by Crippen LogP contribution is 2.29. The van der Waals surface area contributed by atoms with Gasteiger partial charge in [-0.2, -0.15) is 0 Å². The number of amides is 2. The Morgan fingerprint density at radius 3 is 2.86 bits per heavy atom. The second-order valence-corrected chi connectivity index (χ2v) is 5.55. The lowest BCUT2D eigenvalue weighted by molar-refractivity contribution is -0.135. The summed E-state index contributed by atoms with van der Waals surface area (Å²) in [7, 11) is 1.64. The average molecular weight is 288 g/mol. The van der Waals surface area contributed by atoms with Crippen molar-refractivity contribution in [2.75, 3.05) is 25.1 Å². The second kappa shape index (κ2) is 5.85. The molecular formula is C16H20N2O3. The predicted octanol–water partition coefficient (Wildman–Crippen LogP) is 1.56. The SMILES string of the molecule is COCc1ccccc1N1CCC(=O)N2CCCC2C1=O. The fourth-order valence-corrected chi connectivity index (χ4v) is 3.25. The molecule has 112 valence electrons. The summed E-state index contributed by atoms with van der Waals surface area (Å²) in [5.41, 5.74) is 1.85. The van der Waals surface area contributed by atoms with E-state index in [4.69, 9.17) is 4.74 Å². The molecule has 1 atom stereocenters. The summed E-state index contributed by atoms with van der Waals surface area (Å²) in [5.74, 6) is 0.138. The molecule has 0 saturated carbocycles. The van der Waals surface area contributed by atoms with Gasteiger partial charge in [0.05, 0.1) is 6.61 Å². The van der Waals surface area contributed by atoms with Gasteiger partial charge in [-0.25, -0.2) is 0 Å². The Balaban J connectivity index is 1.94. The standard InChI is InChI=1S/C16H20N2O3/c1-21-11-12-5-2-3-6-13(12)18-10-8-15(19)17-9-4-7-14(17)16(18)20/h2-3,5-6,14H,4,7-11H2,1H3. The molecule has 21 heavy (non-hydrogen) atoms. The van der Waals surface area contributed by atoms with Crippen LogP contribution in [0.25, 0.3) is 0 Å². The third-order valence-corrected chi connectivity index (χ3v) is 4.26. The molecular weight excluding hydrogens is 268 g/mol. The molecule has 5 heteroatoms. The van der Waals surface area contributed by atoms with Crippen molar-refractivity contribution in [3.05, 3.63) is 29.8 Å². The molecule has 0 N–H and O–H groups in total. The van der Waals surface area contributed by atoms with E-state index in [1.807, 2.05) is 24.3 Å². The number of carbonyl (C=O) groups excluding carboxylic acids is 2. The van der Waals surface area contributed by atoms with Crippen LogP contribution in [0.3, 0.4) is 0 Å². The summed E-state index contributed by atoms with van der Waals surface area (Å²) in [6, 6.07) is 7.47. The van der Waals surface area contributed by atoms with Crippen LogP contribution in [0.15, 0.2) is 24.3 Å². The number of nitrogens with zero attached hydrogens (tertiary/aromatic N) is 2. The molecule has 1 unspecified atom stereocenters. The third kappa shape index (κ3) is 2.53. The first-order chi connectivity index (χ1) is 10.2. The van der Waals surface area contributed by atoms with Gasteiger partial charge in [-0.05, 0) is 18.9 Å². The Hall–Kier alpha value is -1.88. The fraction of sp³-hybridized carbons (Fsp3) is 0.500. The molecule has 0 radical (unpaired) electrons. The minimum Gasteiger partial charge on any atom is -0.380 e. The molecule has 2 saturated heterocycles. The molecule has 3 rings (SSSR count). The topological polar surface area (TPSA) is 49.9 Å². The van der Waals surface area contributed by atoms with Gasteiger partial charge in [-0.15, -0.1) is 0 Å². The molecule has 2 heterocycles. The van der Waals surface area contributed by atoms with Crippen LogP contribution in [0.1, 0.15) is 24.8 Å². The van der Waals surface area contributed by atoms with E-state index < -0.39 is 0 Å². The van der Waals surface area contributed by atoms with Crippen LogP contribution in [0, 0.1) is 0 Å². The largest absolute Gasteiger partial charge is 0.380 e. The normalized spacial score (nSPS) is 22.4.